The van der Waals surface area contributed by atoms with Crippen LogP contribution in [0.1, 0.15) is 32.0 Å². The Morgan fingerprint density at radius 2 is 2.27 bits per heavy atom. The number of allylic oxidation sites excluding steroid dienone is 2. The van der Waals surface area contributed by atoms with Crippen molar-refractivity contribution in [3.8, 4) is 0 Å². The molecule has 0 atom stereocenters. The molecule has 1 aromatic rings. The van der Waals surface area contributed by atoms with Gasteiger partial charge in [-0.3, -0.25) is 0 Å². The first-order valence-corrected chi connectivity index (χ1v) is 3.73. The lowest BCUT2D eigenvalue weighted by molar-refractivity contribution is 0.504. The molecule has 1 aromatic heterocycles. The topological polar surface area (TPSA) is 38.9 Å². The fraction of sp³-hybridized carbons (Fsp3) is 0.500. The molecular formula is C8H12N2O. The van der Waals surface area contributed by atoms with Gasteiger partial charge in [0.2, 0.25) is 11.8 Å². The molecule has 0 spiro atoms. The van der Waals surface area contributed by atoms with E-state index in [9.17, 15) is 0 Å². The summed E-state index contributed by atoms with van der Waals surface area (Å²) in [5.41, 5.74) is 1.10. The monoisotopic (exact) mass is 152 g/mol. The molecule has 0 bridgehead atoms. The maximum absolute atomic E-state index is 5.24. The first-order valence-electron chi connectivity index (χ1n) is 3.73. The zero-order valence-corrected chi connectivity index (χ0v) is 7.09. The Balaban J connectivity index is 2.91. The second-order valence-corrected chi connectivity index (χ2v) is 2.29. The van der Waals surface area contributed by atoms with Gasteiger partial charge in [-0.25, -0.2) is 0 Å². The van der Waals surface area contributed by atoms with E-state index in [4.69, 9.17) is 4.42 Å². The van der Waals surface area contributed by atoms with Crippen LogP contribution in [0.4, 0.5) is 0 Å². The number of rotatable bonds is 2. The molecule has 0 N–H and O–H groups in total. The van der Waals surface area contributed by atoms with Crippen LogP contribution in [0.15, 0.2) is 10.5 Å². The van der Waals surface area contributed by atoms with Crippen molar-refractivity contribution in [3.63, 3.8) is 0 Å². The highest BCUT2D eigenvalue weighted by Gasteiger charge is 2.04. The molecule has 0 aliphatic carbocycles. The number of hydrogen-bond donors (Lipinski definition) is 0. The van der Waals surface area contributed by atoms with Gasteiger partial charge >= 0.3 is 0 Å². The van der Waals surface area contributed by atoms with Gasteiger partial charge in [0.15, 0.2) is 0 Å². The van der Waals surface area contributed by atoms with Crippen LogP contribution in [0.3, 0.4) is 0 Å². The van der Waals surface area contributed by atoms with Gasteiger partial charge in [-0.05, 0) is 13.3 Å². The van der Waals surface area contributed by atoms with E-state index < -0.39 is 0 Å². The summed E-state index contributed by atoms with van der Waals surface area (Å²) < 4.78 is 5.24. The van der Waals surface area contributed by atoms with Crippen LogP contribution in [0.5, 0.6) is 0 Å². The first-order chi connectivity index (χ1) is 5.27. The third-order valence-corrected chi connectivity index (χ3v) is 1.53. The Kier molecular flexibility index (Phi) is 2.41. The fourth-order valence-electron chi connectivity index (χ4n) is 0.905. The average Bonchev–Trinajstić information content (AvgIpc) is 2.39. The molecule has 1 rings (SSSR count). The summed E-state index contributed by atoms with van der Waals surface area (Å²) in [5, 5.41) is 7.65. The third-order valence-electron chi connectivity index (χ3n) is 1.53. The minimum absolute atomic E-state index is 0.618. The van der Waals surface area contributed by atoms with E-state index in [1.165, 1.54) is 0 Å². The Labute approximate surface area is 66.1 Å². The van der Waals surface area contributed by atoms with Crippen molar-refractivity contribution in [3.05, 3.63) is 17.9 Å². The molecule has 60 valence electrons. The lowest BCUT2D eigenvalue weighted by Gasteiger charge is -1.93. The molecule has 11 heavy (non-hydrogen) atoms. The zero-order valence-electron chi connectivity index (χ0n) is 7.09. The lowest BCUT2D eigenvalue weighted by Crippen LogP contribution is -1.81. The largest absolute Gasteiger partial charge is 0.421 e. The minimum atomic E-state index is 0.618. The van der Waals surface area contributed by atoms with E-state index in [0.29, 0.717) is 11.8 Å². The number of aromatic nitrogens is 2. The van der Waals surface area contributed by atoms with E-state index in [1.807, 2.05) is 13.0 Å². The molecule has 3 heteroatoms. The normalized spacial score (nSPS) is 12.1. The fourth-order valence-corrected chi connectivity index (χ4v) is 0.905. The van der Waals surface area contributed by atoms with Gasteiger partial charge in [0.1, 0.15) is 0 Å². The predicted octanol–water partition coefficient (Wildman–Crippen LogP) is 2.19. The van der Waals surface area contributed by atoms with E-state index in [1.54, 1.807) is 6.92 Å². The molecule has 0 saturated heterocycles. The highest BCUT2D eigenvalue weighted by atomic mass is 16.4. The average molecular weight is 152 g/mol. The van der Waals surface area contributed by atoms with E-state index in [0.717, 1.165) is 12.0 Å². The molecule has 3 nitrogen and oxygen atoms in total. The summed E-state index contributed by atoms with van der Waals surface area (Å²) in [6.07, 6.45) is 2.92. The number of hydrogen-bond acceptors (Lipinski definition) is 3. The summed E-state index contributed by atoms with van der Waals surface area (Å²) in [4.78, 5) is 0. The molecule has 0 aliphatic rings. The van der Waals surface area contributed by atoms with Crippen LogP contribution < -0.4 is 0 Å². The quantitative estimate of drug-likeness (QED) is 0.652. The standard InChI is InChI=1S/C8H12N2O/c1-4-7(5-2)8-10-9-6(3)11-8/h4H,5H2,1-3H3/b7-4-. The molecule has 0 fully saturated rings. The van der Waals surface area contributed by atoms with E-state index >= 15 is 0 Å². The lowest BCUT2D eigenvalue weighted by atomic mass is 10.2. The van der Waals surface area contributed by atoms with Gasteiger partial charge < -0.3 is 4.42 Å². The summed E-state index contributed by atoms with van der Waals surface area (Å²) in [6, 6.07) is 0. The molecule has 0 saturated carbocycles. The maximum Gasteiger partial charge on any atom is 0.243 e. The second kappa shape index (κ2) is 3.32. The zero-order chi connectivity index (χ0) is 8.27. The Hall–Kier alpha value is -1.12. The molecule has 0 aromatic carbocycles. The Bertz CT molecular complexity index is 263. The third kappa shape index (κ3) is 1.67. The Morgan fingerprint density at radius 1 is 1.55 bits per heavy atom. The van der Waals surface area contributed by atoms with Crippen molar-refractivity contribution >= 4 is 5.57 Å². The molecule has 1 heterocycles. The van der Waals surface area contributed by atoms with Gasteiger partial charge in [-0.1, -0.05) is 13.0 Å². The van der Waals surface area contributed by atoms with E-state index in [2.05, 4.69) is 17.1 Å². The second-order valence-electron chi connectivity index (χ2n) is 2.29. The van der Waals surface area contributed by atoms with Crippen LogP contribution in [0, 0.1) is 6.92 Å². The highest BCUT2D eigenvalue weighted by Crippen LogP contribution is 2.15. The minimum Gasteiger partial charge on any atom is -0.421 e. The molecule has 0 amide bonds. The maximum atomic E-state index is 5.24. The van der Waals surface area contributed by atoms with Crippen LogP contribution in [-0.2, 0) is 0 Å². The molecule has 0 radical (unpaired) electrons. The van der Waals surface area contributed by atoms with Crippen molar-refractivity contribution < 1.29 is 4.42 Å². The molecule has 0 aliphatic heterocycles. The first kappa shape index (κ1) is 7.98. The van der Waals surface area contributed by atoms with Crippen LogP contribution in [-0.4, -0.2) is 10.2 Å². The summed E-state index contributed by atoms with van der Waals surface area (Å²) in [5.74, 6) is 1.26. The number of nitrogens with zero attached hydrogens (tertiary/aromatic N) is 2. The summed E-state index contributed by atoms with van der Waals surface area (Å²) in [7, 11) is 0. The summed E-state index contributed by atoms with van der Waals surface area (Å²) in [6.45, 7) is 5.83. The molecular weight excluding hydrogens is 140 g/mol. The van der Waals surface area contributed by atoms with Crippen molar-refractivity contribution in [2.75, 3.05) is 0 Å². The van der Waals surface area contributed by atoms with Crippen molar-refractivity contribution in [2.45, 2.75) is 27.2 Å². The van der Waals surface area contributed by atoms with Gasteiger partial charge in [0, 0.05) is 12.5 Å². The van der Waals surface area contributed by atoms with Gasteiger partial charge in [0.25, 0.3) is 0 Å². The van der Waals surface area contributed by atoms with Gasteiger partial charge in [-0.2, -0.15) is 0 Å². The van der Waals surface area contributed by atoms with Crippen LogP contribution >= 0.6 is 0 Å². The van der Waals surface area contributed by atoms with Crippen molar-refractivity contribution in [1.29, 1.82) is 0 Å². The van der Waals surface area contributed by atoms with Gasteiger partial charge in [0.05, 0.1) is 0 Å². The summed E-state index contributed by atoms with van der Waals surface area (Å²) >= 11 is 0. The smallest absolute Gasteiger partial charge is 0.243 e. The number of aryl methyl sites for hydroxylation is 1. The van der Waals surface area contributed by atoms with Gasteiger partial charge in [-0.15, -0.1) is 10.2 Å². The molecule has 0 unspecified atom stereocenters. The van der Waals surface area contributed by atoms with Crippen LogP contribution in [0.2, 0.25) is 0 Å². The van der Waals surface area contributed by atoms with Crippen LogP contribution in [0.25, 0.3) is 5.57 Å². The Morgan fingerprint density at radius 3 is 2.64 bits per heavy atom. The van der Waals surface area contributed by atoms with Crippen molar-refractivity contribution in [1.82, 2.24) is 10.2 Å². The predicted molar refractivity (Wildman–Crippen MR) is 43.0 cm³/mol. The van der Waals surface area contributed by atoms with Crippen molar-refractivity contribution in [2.24, 2.45) is 0 Å². The van der Waals surface area contributed by atoms with E-state index in [-0.39, 0.29) is 0 Å². The SMILES string of the molecule is C/C=C(/CC)c1nnc(C)o1. The highest BCUT2D eigenvalue weighted by molar-refractivity contribution is 5.56.